The second-order valence-electron chi connectivity index (χ2n) is 5.41. The molecule has 1 aromatic rings. The molecule has 0 aromatic carbocycles. The van der Waals surface area contributed by atoms with Crippen LogP contribution in [-0.2, 0) is 4.79 Å². The Morgan fingerprint density at radius 2 is 2.21 bits per heavy atom. The zero-order valence-electron chi connectivity index (χ0n) is 11.3. The van der Waals surface area contributed by atoms with E-state index < -0.39 is 11.4 Å². The van der Waals surface area contributed by atoms with E-state index in [2.05, 4.69) is 4.37 Å². The monoisotopic (exact) mass is 282 g/mol. The highest BCUT2D eigenvalue weighted by molar-refractivity contribution is 7.03. The van der Waals surface area contributed by atoms with Gasteiger partial charge >= 0.3 is 5.97 Å². The number of aromatic nitrogens is 1. The van der Waals surface area contributed by atoms with Crippen LogP contribution in [0.1, 0.15) is 36.3 Å². The predicted molar refractivity (Wildman–Crippen MR) is 72.3 cm³/mol. The topological polar surface area (TPSA) is 70.5 Å². The molecule has 1 aliphatic heterocycles. The third kappa shape index (κ3) is 2.25. The third-order valence-corrected chi connectivity index (χ3v) is 4.82. The van der Waals surface area contributed by atoms with Crippen molar-refractivity contribution < 1.29 is 14.7 Å². The van der Waals surface area contributed by atoms with Crippen LogP contribution in [0.4, 0.5) is 0 Å². The number of likely N-dealkylation sites (tertiary alicyclic amines) is 1. The minimum Gasteiger partial charge on any atom is -0.481 e. The smallest absolute Gasteiger partial charge is 0.311 e. The van der Waals surface area contributed by atoms with Gasteiger partial charge in [-0.2, -0.15) is 4.37 Å². The second-order valence-corrected chi connectivity index (χ2v) is 6.04. The van der Waals surface area contributed by atoms with Gasteiger partial charge in [0.25, 0.3) is 5.91 Å². The maximum Gasteiger partial charge on any atom is 0.311 e. The van der Waals surface area contributed by atoms with E-state index in [1.807, 2.05) is 13.8 Å². The molecule has 1 aromatic heterocycles. The third-order valence-electron chi connectivity index (χ3n) is 4.10. The number of hydrogen-bond acceptors (Lipinski definition) is 4. The van der Waals surface area contributed by atoms with Crippen molar-refractivity contribution in [2.75, 3.05) is 13.1 Å². The molecule has 6 heteroatoms. The Morgan fingerprint density at radius 1 is 1.53 bits per heavy atom. The number of amides is 1. The van der Waals surface area contributed by atoms with E-state index in [9.17, 15) is 14.7 Å². The number of carboxylic acid groups (broad SMARTS) is 1. The van der Waals surface area contributed by atoms with Gasteiger partial charge in [0, 0.05) is 18.5 Å². The first-order chi connectivity index (χ1) is 8.88. The molecule has 0 radical (unpaired) electrons. The fraction of sp³-hybridized carbons (Fsp3) is 0.615. The van der Waals surface area contributed by atoms with Gasteiger partial charge in [0.15, 0.2) is 0 Å². The SMILES string of the molecule is Cc1nscc1C(=O)N1CCC(C(=O)O)(C(C)C)C1. The van der Waals surface area contributed by atoms with E-state index in [1.54, 1.807) is 17.2 Å². The van der Waals surface area contributed by atoms with E-state index in [4.69, 9.17) is 0 Å². The molecule has 1 amide bonds. The van der Waals surface area contributed by atoms with E-state index in [1.165, 1.54) is 11.5 Å². The van der Waals surface area contributed by atoms with Crippen LogP contribution in [0.25, 0.3) is 0 Å². The highest BCUT2D eigenvalue weighted by Gasteiger charge is 2.48. The first-order valence-electron chi connectivity index (χ1n) is 6.32. The van der Waals surface area contributed by atoms with Crippen LogP contribution in [-0.4, -0.2) is 39.3 Å². The molecule has 19 heavy (non-hydrogen) atoms. The number of carbonyl (C=O) groups is 2. The quantitative estimate of drug-likeness (QED) is 0.920. The Hall–Kier alpha value is -1.43. The molecule has 0 aliphatic carbocycles. The van der Waals surface area contributed by atoms with Crippen LogP contribution in [0.5, 0.6) is 0 Å². The minimum absolute atomic E-state index is 0.00416. The van der Waals surface area contributed by atoms with Gasteiger partial charge in [0.05, 0.1) is 16.7 Å². The van der Waals surface area contributed by atoms with Gasteiger partial charge in [-0.15, -0.1) is 0 Å². The summed E-state index contributed by atoms with van der Waals surface area (Å²) in [6.45, 7) is 6.39. The molecule has 1 aliphatic rings. The Morgan fingerprint density at radius 3 is 2.63 bits per heavy atom. The summed E-state index contributed by atoms with van der Waals surface area (Å²) in [5.74, 6) is -0.905. The summed E-state index contributed by atoms with van der Waals surface area (Å²) >= 11 is 1.25. The van der Waals surface area contributed by atoms with E-state index in [0.717, 1.165) is 0 Å². The Kier molecular flexibility index (Phi) is 3.62. The van der Waals surface area contributed by atoms with Gasteiger partial charge in [-0.25, -0.2) is 0 Å². The van der Waals surface area contributed by atoms with Crippen molar-refractivity contribution in [1.29, 1.82) is 0 Å². The number of aryl methyl sites for hydroxylation is 1. The molecule has 2 rings (SSSR count). The summed E-state index contributed by atoms with van der Waals surface area (Å²) in [5, 5.41) is 11.2. The summed E-state index contributed by atoms with van der Waals surface area (Å²) in [7, 11) is 0. The molecule has 1 saturated heterocycles. The molecular formula is C13H18N2O3S. The fourth-order valence-electron chi connectivity index (χ4n) is 2.57. The Balaban J connectivity index is 2.20. The van der Waals surface area contributed by atoms with E-state index >= 15 is 0 Å². The van der Waals surface area contributed by atoms with Crippen LogP contribution < -0.4 is 0 Å². The average Bonchev–Trinajstić information content (AvgIpc) is 2.94. The number of carbonyl (C=O) groups excluding carboxylic acids is 1. The van der Waals surface area contributed by atoms with Crippen molar-refractivity contribution in [2.24, 2.45) is 11.3 Å². The molecule has 104 valence electrons. The van der Waals surface area contributed by atoms with Crippen LogP contribution in [0, 0.1) is 18.3 Å². The molecule has 1 atom stereocenters. The molecular weight excluding hydrogens is 264 g/mol. The zero-order valence-corrected chi connectivity index (χ0v) is 12.2. The summed E-state index contributed by atoms with van der Waals surface area (Å²) in [6.07, 6.45) is 0.516. The summed E-state index contributed by atoms with van der Waals surface area (Å²) in [5.41, 5.74) is 0.495. The number of hydrogen-bond donors (Lipinski definition) is 1. The van der Waals surface area contributed by atoms with Crippen LogP contribution in [0.15, 0.2) is 5.38 Å². The lowest BCUT2D eigenvalue weighted by molar-refractivity contribution is -0.150. The minimum atomic E-state index is -0.812. The van der Waals surface area contributed by atoms with Crippen LogP contribution in [0.2, 0.25) is 0 Å². The molecule has 1 unspecified atom stereocenters. The number of carboxylic acids is 1. The van der Waals surface area contributed by atoms with Gasteiger partial charge in [0.1, 0.15) is 0 Å². The summed E-state index contributed by atoms with van der Waals surface area (Å²) in [6, 6.07) is 0. The highest BCUT2D eigenvalue weighted by atomic mass is 32.1. The highest BCUT2D eigenvalue weighted by Crippen LogP contribution is 2.38. The van der Waals surface area contributed by atoms with Crippen molar-refractivity contribution in [3.05, 3.63) is 16.6 Å². The number of nitrogens with zero attached hydrogens (tertiary/aromatic N) is 2. The summed E-state index contributed by atoms with van der Waals surface area (Å²) < 4.78 is 4.09. The van der Waals surface area contributed by atoms with Gasteiger partial charge in [-0.1, -0.05) is 13.8 Å². The second kappa shape index (κ2) is 4.92. The maximum absolute atomic E-state index is 12.4. The molecule has 1 fully saturated rings. The molecule has 1 N–H and O–H groups in total. The number of rotatable bonds is 3. The fourth-order valence-corrected chi connectivity index (χ4v) is 3.25. The predicted octanol–water partition coefficient (Wildman–Crippen LogP) is 2.02. The Bertz CT molecular complexity index is 512. The van der Waals surface area contributed by atoms with Gasteiger partial charge in [0.2, 0.25) is 0 Å². The Labute approximate surface area is 116 Å². The van der Waals surface area contributed by atoms with Crippen molar-refractivity contribution in [3.63, 3.8) is 0 Å². The standard InChI is InChI=1S/C13H18N2O3S/c1-8(2)13(12(17)18)4-5-15(7-13)11(16)10-6-19-14-9(10)3/h6,8H,4-5,7H2,1-3H3,(H,17,18). The van der Waals surface area contributed by atoms with Crippen molar-refractivity contribution >= 4 is 23.4 Å². The first-order valence-corrected chi connectivity index (χ1v) is 7.16. The molecule has 2 heterocycles. The normalized spacial score (nSPS) is 23.1. The van der Waals surface area contributed by atoms with Crippen molar-refractivity contribution in [2.45, 2.75) is 27.2 Å². The van der Waals surface area contributed by atoms with E-state index in [0.29, 0.717) is 24.2 Å². The number of aliphatic carboxylic acids is 1. The molecule has 0 bridgehead atoms. The van der Waals surface area contributed by atoms with Gasteiger partial charge < -0.3 is 10.0 Å². The maximum atomic E-state index is 12.4. The van der Waals surface area contributed by atoms with Gasteiger partial charge in [-0.05, 0) is 30.8 Å². The summed E-state index contributed by atoms with van der Waals surface area (Å²) in [4.78, 5) is 25.5. The molecule has 0 spiro atoms. The molecule has 0 saturated carbocycles. The van der Waals surface area contributed by atoms with Crippen molar-refractivity contribution in [1.82, 2.24) is 9.27 Å². The van der Waals surface area contributed by atoms with Crippen molar-refractivity contribution in [3.8, 4) is 0 Å². The van der Waals surface area contributed by atoms with E-state index in [-0.39, 0.29) is 18.4 Å². The lowest BCUT2D eigenvalue weighted by Gasteiger charge is -2.28. The molecule has 5 nitrogen and oxygen atoms in total. The van der Waals surface area contributed by atoms with Crippen LogP contribution >= 0.6 is 11.5 Å². The first kappa shape index (κ1) is 14.0. The average molecular weight is 282 g/mol. The lowest BCUT2D eigenvalue weighted by atomic mass is 9.76. The van der Waals surface area contributed by atoms with Gasteiger partial charge in [-0.3, -0.25) is 9.59 Å². The van der Waals surface area contributed by atoms with Crippen LogP contribution in [0.3, 0.4) is 0 Å². The lowest BCUT2D eigenvalue weighted by Crippen LogP contribution is -2.40. The largest absolute Gasteiger partial charge is 0.481 e. The zero-order chi connectivity index (χ0) is 14.2.